The molecule has 9 heteroatoms. The lowest BCUT2D eigenvalue weighted by atomic mass is 10.2. The molecule has 1 amide bonds. The lowest BCUT2D eigenvalue weighted by Gasteiger charge is -2.16. The van der Waals surface area contributed by atoms with Crippen molar-refractivity contribution < 1.29 is 18.0 Å². The number of aromatic nitrogens is 1. The maximum Gasteiger partial charge on any atom is 0.417 e. The van der Waals surface area contributed by atoms with Crippen LogP contribution in [0.5, 0.6) is 0 Å². The van der Waals surface area contributed by atoms with Gasteiger partial charge < -0.3 is 16.0 Å². The van der Waals surface area contributed by atoms with Gasteiger partial charge in [-0.15, -0.1) is 0 Å². The summed E-state index contributed by atoms with van der Waals surface area (Å²) in [4.78, 5) is 17.2. The van der Waals surface area contributed by atoms with Crippen LogP contribution < -0.4 is 11.1 Å². The van der Waals surface area contributed by atoms with Crippen molar-refractivity contribution in [3.63, 3.8) is 0 Å². The summed E-state index contributed by atoms with van der Waals surface area (Å²) in [6.07, 6.45) is -2.80. The third kappa shape index (κ3) is 4.23. The monoisotopic (exact) mass is 336 g/mol. The van der Waals surface area contributed by atoms with Crippen molar-refractivity contribution in [3.8, 4) is 0 Å². The lowest BCUT2D eigenvalue weighted by Crippen LogP contribution is -2.32. The van der Waals surface area contributed by atoms with E-state index in [-0.39, 0.29) is 35.8 Å². The number of amides is 1. The number of hydrogen-bond donors (Lipinski definition) is 2. The van der Waals surface area contributed by atoms with Gasteiger partial charge >= 0.3 is 6.18 Å². The van der Waals surface area contributed by atoms with E-state index < -0.39 is 11.7 Å². The average molecular weight is 337 g/mol. The highest BCUT2D eigenvalue weighted by atomic mass is 35.5. The molecule has 1 aliphatic rings. The molecule has 0 saturated carbocycles. The van der Waals surface area contributed by atoms with E-state index in [4.69, 9.17) is 17.3 Å². The summed E-state index contributed by atoms with van der Waals surface area (Å²) in [5, 5.41) is 2.63. The van der Waals surface area contributed by atoms with E-state index in [0.29, 0.717) is 19.3 Å². The molecule has 0 unspecified atom stereocenters. The van der Waals surface area contributed by atoms with Crippen molar-refractivity contribution in [3.05, 3.63) is 22.8 Å². The minimum absolute atomic E-state index is 0.0166. The molecule has 2 rings (SSSR count). The van der Waals surface area contributed by atoms with E-state index >= 15 is 0 Å². The number of halogens is 4. The van der Waals surface area contributed by atoms with Crippen molar-refractivity contribution in [1.82, 2.24) is 9.88 Å². The Morgan fingerprint density at radius 1 is 1.55 bits per heavy atom. The molecule has 5 nitrogen and oxygen atoms in total. The van der Waals surface area contributed by atoms with Crippen LogP contribution in [0.2, 0.25) is 5.02 Å². The molecule has 0 radical (unpaired) electrons. The first-order valence-electron chi connectivity index (χ1n) is 6.77. The predicted octanol–water partition coefficient (Wildman–Crippen LogP) is 2.12. The number of anilines is 1. The molecule has 22 heavy (non-hydrogen) atoms. The first-order chi connectivity index (χ1) is 10.3. The molecule has 1 saturated heterocycles. The van der Waals surface area contributed by atoms with Crippen LogP contribution in [0.25, 0.3) is 0 Å². The normalized spacial score (nSPS) is 18.6. The number of nitrogens with one attached hydrogen (secondary N) is 1. The van der Waals surface area contributed by atoms with Gasteiger partial charge in [-0.2, -0.15) is 13.2 Å². The molecule has 3 N–H and O–H groups in total. The second kappa shape index (κ2) is 6.70. The number of carbonyl (C=O) groups is 1. The van der Waals surface area contributed by atoms with Crippen LogP contribution in [0.1, 0.15) is 18.4 Å². The van der Waals surface area contributed by atoms with E-state index in [1.807, 2.05) is 0 Å². The Balaban J connectivity index is 1.86. The number of carbonyl (C=O) groups excluding carboxylic acids is 1. The van der Waals surface area contributed by atoms with E-state index in [1.165, 1.54) is 0 Å². The Bertz CT molecular complexity index is 553. The van der Waals surface area contributed by atoms with E-state index in [1.54, 1.807) is 4.90 Å². The number of nitrogens with two attached hydrogens (primary N) is 1. The van der Waals surface area contributed by atoms with Crippen LogP contribution in [0.15, 0.2) is 12.3 Å². The first-order valence-corrected chi connectivity index (χ1v) is 7.15. The molecule has 122 valence electrons. The topological polar surface area (TPSA) is 71.2 Å². The summed E-state index contributed by atoms with van der Waals surface area (Å²) in [6, 6.07) is 0.820. The highest BCUT2D eigenvalue weighted by Crippen LogP contribution is 2.32. The molecule has 0 spiro atoms. The zero-order chi connectivity index (χ0) is 16.3. The van der Waals surface area contributed by atoms with E-state index in [0.717, 1.165) is 12.5 Å². The van der Waals surface area contributed by atoms with Gasteiger partial charge in [-0.3, -0.25) is 4.79 Å². The Labute approximate surface area is 130 Å². The molecule has 0 bridgehead atoms. The van der Waals surface area contributed by atoms with Crippen molar-refractivity contribution in [2.24, 2.45) is 5.73 Å². The first kappa shape index (κ1) is 16.8. The van der Waals surface area contributed by atoms with Gasteiger partial charge in [-0.25, -0.2) is 4.98 Å². The van der Waals surface area contributed by atoms with Gasteiger partial charge in [0.2, 0.25) is 5.91 Å². The number of nitrogens with zero attached hydrogens (tertiary/aromatic N) is 2. The third-order valence-corrected chi connectivity index (χ3v) is 3.67. The minimum atomic E-state index is -4.49. The highest BCUT2D eigenvalue weighted by molar-refractivity contribution is 6.32. The molecule has 2 heterocycles. The van der Waals surface area contributed by atoms with Gasteiger partial charge in [0.15, 0.2) is 0 Å². The Hall–Kier alpha value is -1.54. The second-order valence-electron chi connectivity index (χ2n) is 5.12. The number of alkyl halides is 3. The standard InChI is InChI=1S/C13H16ClF3N4O/c14-10-5-8(13(15,16)17)6-20-12(10)19-3-1-11(22)21-4-2-9(18)7-21/h5-6,9H,1-4,7,18H2,(H,19,20)/t9-/m1/s1. The van der Waals surface area contributed by atoms with E-state index in [9.17, 15) is 18.0 Å². The number of pyridine rings is 1. The van der Waals surface area contributed by atoms with Crippen molar-refractivity contribution in [1.29, 1.82) is 0 Å². The molecular weight excluding hydrogens is 321 g/mol. The molecule has 1 aromatic rings. The SMILES string of the molecule is N[C@@H]1CCN(C(=O)CCNc2ncc(C(F)(F)F)cc2Cl)C1. The van der Waals surface area contributed by atoms with Gasteiger partial charge in [0, 0.05) is 38.3 Å². The maximum absolute atomic E-state index is 12.5. The van der Waals surface area contributed by atoms with Crippen LogP contribution in [0.3, 0.4) is 0 Å². The van der Waals surface area contributed by atoms with Crippen LogP contribution in [-0.4, -0.2) is 41.5 Å². The average Bonchev–Trinajstić information content (AvgIpc) is 2.86. The molecule has 0 aliphatic carbocycles. The predicted molar refractivity (Wildman–Crippen MR) is 76.5 cm³/mol. The smallest absolute Gasteiger partial charge is 0.368 e. The largest absolute Gasteiger partial charge is 0.417 e. The van der Waals surface area contributed by atoms with Crippen molar-refractivity contribution >= 4 is 23.3 Å². The summed E-state index contributed by atoms with van der Waals surface area (Å²) in [6.45, 7) is 1.42. The second-order valence-corrected chi connectivity index (χ2v) is 5.52. The summed E-state index contributed by atoms with van der Waals surface area (Å²) in [5.74, 6) is 0.0732. The summed E-state index contributed by atoms with van der Waals surface area (Å²) < 4.78 is 37.4. The molecule has 0 aromatic carbocycles. The van der Waals surface area contributed by atoms with Crippen LogP contribution in [-0.2, 0) is 11.0 Å². The fourth-order valence-corrected chi connectivity index (χ4v) is 2.42. The molecule has 1 fully saturated rings. The number of likely N-dealkylation sites (tertiary alicyclic amines) is 1. The lowest BCUT2D eigenvalue weighted by molar-refractivity contribution is -0.137. The van der Waals surface area contributed by atoms with Crippen LogP contribution >= 0.6 is 11.6 Å². The highest BCUT2D eigenvalue weighted by Gasteiger charge is 2.31. The molecule has 1 aromatic heterocycles. The summed E-state index contributed by atoms with van der Waals surface area (Å²) in [7, 11) is 0. The molecular formula is C13H16ClF3N4O. The van der Waals surface area contributed by atoms with Crippen molar-refractivity contribution in [2.75, 3.05) is 25.0 Å². The summed E-state index contributed by atoms with van der Waals surface area (Å²) in [5.41, 5.74) is 4.81. The van der Waals surface area contributed by atoms with Gasteiger partial charge in [0.05, 0.1) is 10.6 Å². The van der Waals surface area contributed by atoms with Gasteiger partial charge in [-0.05, 0) is 12.5 Å². The van der Waals surface area contributed by atoms with E-state index in [2.05, 4.69) is 10.3 Å². The fraction of sp³-hybridized carbons (Fsp3) is 0.538. The fourth-order valence-electron chi connectivity index (χ4n) is 2.18. The van der Waals surface area contributed by atoms with Crippen LogP contribution in [0.4, 0.5) is 19.0 Å². The quantitative estimate of drug-likeness (QED) is 0.883. The molecule has 1 atom stereocenters. The van der Waals surface area contributed by atoms with Gasteiger partial charge in [0.25, 0.3) is 0 Å². The summed E-state index contributed by atoms with van der Waals surface area (Å²) >= 11 is 5.76. The number of hydrogen-bond acceptors (Lipinski definition) is 4. The number of rotatable bonds is 4. The Morgan fingerprint density at radius 2 is 2.27 bits per heavy atom. The molecule has 1 aliphatic heterocycles. The van der Waals surface area contributed by atoms with Crippen LogP contribution in [0, 0.1) is 0 Å². The zero-order valence-electron chi connectivity index (χ0n) is 11.7. The minimum Gasteiger partial charge on any atom is -0.368 e. The zero-order valence-corrected chi connectivity index (χ0v) is 12.4. The van der Waals surface area contributed by atoms with Gasteiger partial charge in [0.1, 0.15) is 5.82 Å². The maximum atomic E-state index is 12.5. The van der Waals surface area contributed by atoms with Crippen molar-refractivity contribution in [2.45, 2.75) is 25.1 Å². The Kier molecular flexibility index (Phi) is 5.12. The Morgan fingerprint density at radius 3 is 2.82 bits per heavy atom. The van der Waals surface area contributed by atoms with Gasteiger partial charge in [-0.1, -0.05) is 11.6 Å². The third-order valence-electron chi connectivity index (χ3n) is 3.38.